The molecule has 2 unspecified atom stereocenters. The minimum Gasteiger partial charge on any atom is -0.489 e. The Balaban J connectivity index is 1.40. The quantitative estimate of drug-likeness (QED) is 0.175. The van der Waals surface area contributed by atoms with Gasteiger partial charge in [-0.05, 0) is 104 Å². The first-order valence-electron chi connectivity index (χ1n) is 16.0. The molecule has 13 heteroatoms. The molecule has 2 heterocycles. The van der Waals surface area contributed by atoms with Crippen molar-refractivity contribution in [3.8, 4) is 17.2 Å². The Bertz CT molecular complexity index is 1660. The number of benzene rings is 2. The number of oxime groups is 1. The number of fused-ring (bicyclic) bond motifs is 1. The Hall–Kier alpha value is -4.26. The van der Waals surface area contributed by atoms with Crippen molar-refractivity contribution in [2.45, 2.75) is 104 Å². The predicted molar refractivity (Wildman–Crippen MR) is 184 cm³/mol. The smallest absolute Gasteiger partial charge is 0.344 e. The lowest BCUT2D eigenvalue weighted by Gasteiger charge is -2.38. The molecule has 2 aliphatic rings. The molecule has 4 rings (SSSR count). The maximum Gasteiger partial charge on any atom is 0.344 e. The Labute approximate surface area is 291 Å². The van der Waals surface area contributed by atoms with Crippen LogP contribution >= 0.6 is 11.8 Å². The summed E-state index contributed by atoms with van der Waals surface area (Å²) in [6.07, 6.45) is 0.536. The third kappa shape index (κ3) is 9.26. The Morgan fingerprint density at radius 3 is 2.16 bits per heavy atom. The zero-order chi connectivity index (χ0) is 36.5. The van der Waals surface area contributed by atoms with E-state index in [1.54, 1.807) is 53.7 Å². The zero-order valence-corrected chi connectivity index (χ0v) is 30.7. The average molecular weight is 699 g/mol. The molecule has 2 amide bonds. The highest BCUT2D eigenvalue weighted by Gasteiger charge is 2.42. The summed E-state index contributed by atoms with van der Waals surface area (Å²) in [4.78, 5) is 50.9. The fourth-order valence-electron chi connectivity index (χ4n) is 5.62. The van der Waals surface area contributed by atoms with Crippen LogP contribution in [0.15, 0.2) is 29.4 Å². The number of hydrogen-bond acceptors (Lipinski definition) is 12. The lowest BCUT2D eigenvalue weighted by Crippen LogP contribution is -2.45. The van der Waals surface area contributed by atoms with Crippen molar-refractivity contribution in [3.05, 3.63) is 52.1 Å². The maximum atomic E-state index is 12.9. The van der Waals surface area contributed by atoms with Gasteiger partial charge in [0, 0.05) is 17.5 Å². The van der Waals surface area contributed by atoms with E-state index in [4.69, 9.17) is 23.7 Å². The molecule has 0 aromatic heterocycles. The van der Waals surface area contributed by atoms with Gasteiger partial charge in [-0.25, -0.2) is 4.79 Å². The number of esters is 2. The first kappa shape index (κ1) is 37.6. The summed E-state index contributed by atoms with van der Waals surface area (Å²) in [5, 5.41) is 12.6. The fourth-order valence-corrected chi connectivity index (χ4v) is 6.65. The second-order valence-corrected chi connectivity index (χ2v) is 15.7. The second kappa shape index (κ2) is 14.3. The number of amides is 2. The number of imide groups is 1. The van der Waals surface area contributed by atoms with Gasteiger partial charge in [-0.3, -0.25) is 19.3 Å². The van der Waals surface area contributed by atoms with Gasteiger partial charge >= 0.3 is 11.9 Å². The van der Waals surface area contributed by atoms with Crippen LogP contribution in [-0.4, -0.2) is 80.7 Å². The molecule has 2 aromatic rings. The summed E-state index contributed by atoms with van der Waals surface area (Å²) >= 11 is 0.897. The van der Waals surface area contributed by atoms with Gasteiger partial charge in [0.05, 0.1) is 11.0 Å². The standard InChI is InChI=1S/C36H46N2O10S/c1-20-21(2)31-29(22(3)30(20)44-18-28(40)47-35(7,8)9)25(37-43)16-36(10,48-31)19-45-24-13-11-23(12-14-24)15-26-32(41)38(33(42)49-26)17-27(39)46-34(4,5)6/h11-14,26,43H,15-19H2,1-10H3/b37-25+. The van der Waals surface area contributed by atoms with Crippen LogP contribution in [0.3, 0.4) is 0 Å². The number of hydrogen-bond donors (Lipinski definition) is 1. The third-order valence-corrected chi connectivity index (χ3v) is 8.92. The van der Waals surface area contributed by atoms with Gasteiger partial charge in [-0.2, -0.15) is 0 Å². The van der Waals surface area contributed by atoms with Crippen LogP contribution in [0.1, 0.15) is 82.7 Å². The van der Waals surface area contributed by atoms with Crippen molar-refractivity contribution in [1.82, 2.24) is 4.90 Å². The van der Waals surface area contributed by atoms with Gasteiger partial charge < -0.3 is 28.9 Å². The molecule has 49 heavy (non-hydrogen) atoms. The summed E-state index contributed by atoms with van der Waals surface area (Å²) in [6.45, 7) is 17.4. The zero-order valence-electron chi connectivity index (χ0n) is 29.8. The minimum atomic E-state index is -0.888. The molecule has 2 atom stereocenters. The number of thioether (sulfide) groups is 1. The summed E-state index contributed by atoms with van der Waals surface area (Å²) in [5.41, 5.74) is 1.82. The Kier molecular flexibility index (Phi) is 11.0. The maximum absolute atomic E-state index is 12.9. The molecule has 0 bridgehead atoms. The van der Waals surface area contributed by atoms with E-state index in [0.29, 0.717) is 40.5 Å². The van der Waals surface area contributed by atoms with E-state index in [-0.39, 0.29) is 19.6 Å². The molecule has 2 aliphatic heterocycles. The summed E-state index contributed by atoms with van der Waals surface area (Å²) in [5.74, 6) is 0.0638. The van der Waals surface area contributed by atoms with Crippen LogP contribution in [-0.2, 0) is 30.3 Å². The molecule has 0 aliphatic carbocycles. The predicted octanol–water partition coefficient (Wildman–Crippen LogP) is 6.08. The Morgan fingerprint density at radius 1 is 0.959 bits per heavy atom. The first-order chi connectivity index (χ1) is 22.7. The molecule has 12 nitrogen and oxygen atoms in total. The van der Waals surface area contributed by atoms with Crippen molar-refractivity contribution in [2.75, 3.05) is 19.8 Å². The van der Waals surface area contributed by atoms with E-state index < -0.39 is 51.7 Å². The van der Waals surface area contributed by atoms with Crippen molar-refractivity contribution >= 4 is 40.6 Å². The van der Waals surface area contributed by atoms with E-state index in [9.17, 15) is 24.4 Å². The molecule has 2 aromatic carbocycles. The van der Waals surface area contributed by atoms with Crippen LogP contribution in [0.2, 0.25) is 0 Å². The summed E-state index contributed by atoms with van der Waals surface area (Å²) in [7, 11) is 0. The van der Waals surface area contributed by atoms with Crippen molar-refractivity contribution in [2.24, 2.45) is 5.16 Å². The molecule has 0 spiro atoms. The molecular formula is C36H46N2O10S. The molecular weight excluding hydrogens is 652 g/mol. The first-order valence-corrected chi connectivity index (χ1v) is 16.9. The van der Waals surface area contributed by atoms with E-state index in [1.807, 2.05) is 39.8 Å². The molecule has 1 N–H and O–H groups in total. The third-order valence-electron chi connectivity index (χ3n) is 7.84. The number of rotatable bonds is 10. The topological polar surface area (TPSA) is 150 Å². The summed E-state index contributed by atoms with van der Waals surface area (Å²) < 4.78 is 29.2. The van der Waals surface area contributed by atoms with Crippen LogP contribution in [0.5, 0.6) is 17.2 Å². The number of carbonyl (C=O) groups excluding carboxylic acids is 4. The molecule has 0 saturated carbocycles. The van der Waals surface area contributed by atoms with Crippen molar-refractivity contribution < 1.29 is 48.1 Å². The van der Waals surface area contributed by atoms with Crippen LogP contribution < -0.4 is 14.2 Å². The van der Waals surface area contributed by atoms with E-state index in [0.717, 1.165) is 33.4 Å². The van der Waals surface area contributed by atoms with Crippen LogP contribution in [0.4, 0.5) is 4.79 Å². The Morgan fingerprint density at radius 2 is 1.57 bits per heavy atom. The SMILES string of the molecule is Cc1c(C)c2c(c(C)c1OCC(=O)OC(C)(C)C)/C(=N/O)CC(C)(COc1ccc(CC3SC(=O)N(CC(=O)OC(C)(C)C)C3=O)cc1)O2. The highest BCUT2D eigenvalue weighted by molar-refractivity contribution is 8.15. The van der Waals surface area contributed by atoms with Gasteiger partial charge in [0.15, 0.2) is 6.61 Å². The highest BCUT2D eigenvalue weighted by Crippen LogP contribution is 2.44. The average Bonchev–Trinajstić information content (AvgIpc) is 3.24. The molecule has 0 radical (unpaired) electrons. The van der Waals surface area contributed by atoms with E-state index >= 15 is 0 Å². The fraction of sp³-hybridized carbons (Fsp3) is 0.528. The van der Waals surface area contributed by atoms with Crippen LogP contribution in [0.25, 0.3) is 0 Å². The minimum absolute atomic E-state index is 0.129. The summed E-state index contributed by atoms with van der Waals surface area (Å²) in [6, 6.07) is 7.18. The molecule has 1 saturated heterocycles. The monoisotopic (exact) mass is 698 g/mol. The van der Waals surface area contributed by atoms with Gasteiger partial charge in [-0.1, -0.05) is 29.1 Å². The second-order valence-electron chi connectivity index (χ2n) is 14.6. The molecule has 1 fully saturated rings. The van der Waals surface area contributed by atoms with E-state index in [1.165, 1.54) is 0 Å². The highest BCUT2D eigenvalue weighted by atomic mass is 32.2. The molecule has 266 valence electrons. The van der Waals surface area contributed by atoms with Gasteiger partial charge in [-0.15, -0.1) is 0 Å². The normalized spacial score (nSPS) is 20.2. The van der Waals surface area contributed by atoms with E-state index in [2.05, 4.69) is 5.16 Å². The van der Waals surface area contributed by atoms with Crippen molar-refractivity contribution in [3.63, 3.8) is 0 Å². The number of nitrogens with zero attached hydrogens (tertiary/aromatic N) is 2. The van der Waals surface area contributed by atoms with Gasteiger partial charge in [0.2, 0.25) is 5.91 Å². The van der Waals surface area contributed by atoms with Gasteiger partial charge in [0.1, 0.15) is 47.2 Å². The number of carbonyl (C=O) groups is 4. The lowest BCUT2D eigenvalue weighted by atomic mass is 9.86. The largest absolute Gasteiger partial charge is 0.489 e. The van der Waals surface area contributed by atoms with Gasteiger partial charge in [0.25, 0.3) is 5.24 Å². The number of ether oxygens (including phenoxy) is 5. The lowest BCUT2D eigenvalue weighted by molar-refractivity contribution is -0.158. The van der Waals surface area contributed by atoms with Crippen molar-refractivity contribution in [1.29, 1.82) is 0 Å². The van der Waals surface area contributed by atoms with Crippen LogP contribution in [0, 0.1) is 20.8 Å².